The van der Waals surface area contributed by atoms with Gasteiger partial charge in [0, 0.05) is 17.3 Å². The van der Waals surface area contributed by atoms with Crippen LogP contribution in [-0.4, -0.2) is 35.7 Å². The lowest BCUT2D eigenvalue weighted by Crippen LogP contribution is -2.22. The first-order valence-electron chi connectivity index (χ1n) is 8.60. The molecule has 0 saturated carbocycles. The molecule has 30 heavy (non-hydrogen) atoms. The minimum absolute atomic E-state index is 0.00801. The number of aromatic amines is 1. The molecule has 0 amide bonds. The summed E-state index contributed by atoms with van der Waals surface area (Å²) in [5, 5.41) is 13.5. The van der Waals surface area contributed by atoms with Gasteiger partial charge in [-0.25, -0.2) is 17.8 Å². The van der Waals surface area contributed by atoms with Gasteiger partial charge in [-0.3, -0.25) is 9.94 Å². The van der Waals surface area contributed by atoms with Crippen LogP contribution in [0.5, 0.6) is 0 Å². The summed E-state index contributed by atoms with van der Waals surface area (Å²) in [7, 11) is -2.59. The summed E-state index contributed by atoms with van der Waals surface area (Å²) < 4.78 is 37.7. The van der Waals surface area contributed by atoms with Gasteiger partial charge in [0.25, 0.3) is 10.0 Å². The zero-order valence-electron chi connectivity index (χ0n) is 15.5. The average molecular weight is 429 g/mol. The van der Waals surface area contributed by atoms with Gasteiger partial charge in [-0.2, -0.15) is 10.1 Å². The largest absolute Gasteiger partial charge is 0.324 e. The summed E-state index contributed by atoms with van der Waals surface area (Å²) in [6.07, 6.45) is 1.51. The number of H-pyrrole nitrogens is 1. The number of hydrogen-bond acceptors (Lipinski definition) is 8. The highest BCUT2D eigenvalue weighted by molar-refractivity contribution is 7.89. The fraction of sp³-hybridized carbons (Fsp3) is 0.0556. The van der Waals surface area contributed by atoms with Crippen LogP contribution in [0.15, 0.2) is 59.6 Å². The highest BCUT2D eigenvalue weighted by Gasteiger charge is 2.14. The highest BCUT2D eigenvalue weighted by atomic mass is 32.2. The van der Waals surface area contributed by atoms with E-state index in [1.54, 1.807) is 24.3 Å². The number of fused-ring (bicyclic) bond motifs is 1. The third-order valence-corrected chi connectivity index (χ3v) is 5.28. The highest BCUT2D eigenvalue weighted by Crippen LogP contribution is 2.24. The van der Waals surface area contributed by atoms with E-state index < -0.39 is 10.0 Å². The van der Waals surface area contributed by atoms with E-state index in [2.05, 4.69) is 35.6 Å². The second-order valence-electron chi connectivity index (χ2n) is 6.10. The third kappa shape index (κ3) is 4.20. The molecule has 0 saturated heterocycles. The maximum Gasteiger partial charge on any atom is 0.262 e. The standard InChI is InChI=1S/C18H16FN7O3S/c1-29-26-30(27,28)13-4-2-3-12(10-13)21-18-20-8-7-16(23-18)22-17-14-9-11(19)5-6-15(14)24-25-17/h2-10,26H,1H3,(H3,20,21,22,23,24,25). The number of nitrogens with zero attached hydrogens (tertiary/aromatic N) is 3. The van der Waals surface area contributed by atoms with Crippen molar-refractivity contribution in [1.29, 1.82) is 0 Å². The molecule has 4 aromatic rings. The molecule has 10 nitrogen and oxygen atoms in total. The van der Waals surface area contributed by atoms with Crippen molar-refractivity contribution in [3.05, 3.63) is 60.5 Å². The average Bonchev–Trinajstić information content (AvgIpc) is 3.10. The summed E-state index contributed by atoms with van der Waals surface area (Å²) in [6, 6.07) is 12.0. The molecule has 0 radical (unpaired) electrons. The van der Waals surface area contributed by atoms with Gasteiger partial charge >= 0.3 is 0 Å². The number of sulfonamides is 1. The zero-order chi connectivity index (χ0) is 21.1. The number of rotatable bonds is 7. The zero-order valence-corrected chi connectivity index (χ0v) is 16.4. The molecular weight excluding hydrogens is 413 g/mol. The summed E-state index contributed by atoms with van der Waals surface area (Å²) >= 11 is 0. The first kappa shape index (κ1) is 19.7. The quantitative estimate of drug-likeness (QED) is 0.330. The Balaban J connectivity index is 1.56. The van der Waals surface area contributed by atoms with Gasteiger partial charge in [-0.15, -0.1) is 0 Å². The number of halogens is 1. The molecule has 0 aliphatic rings. The van der Waals surface area contributed by atoms with Gasteiger partial charge in [-0.1, -0.05) is 11.0 Å². The Morgan fingerprint density at radius 1 is 1.10 bits per heavy atom. The van der Waals surface area contributed by atoms with Crippen LogP contribution in [0.1, 0.15) is 0 Å². The fourth-order valence-electron chi connectivity index (χ4n) is 2.72. The Hall–Kier alpha value is -3.61. The molecule has 0 aliphatic carbocycles. The molecule has 4 rings (SSSR count). The van der Waals surface area contributed by atoms with Crippen molar-refractivity contribution in [1.82, 2.24) is 25.1 Å². The van der Waals surface area contributed by atoms with Crippen molar-refractivity contribution in [2.45, 2.75) is 4.90 Å². The molecule has 154 valence electrons. The predicted octanol–water partition coefficient (Wildman–Crippen LogP) is 2.82. The predicted molar refractivity (Wildman–Crippen MR) is 108 cm³/mol. The van der Waals surface area contributed by atoms with Crippen molar-refractivity contribution in [2.24, 2.45) is 0 Å². The Labute approximate surface area is 170 Å². The van der Waals surface area contributed by atoms with Crippen LogP contribution in [0, 0.1) is 5.82 Å². The van der Waals surface area contributed by atoms with E-state index in [-0.39, 0.29) is 16.7 Å². The first-order valence-corrected chi connectivity index (χ1v) is 10.1. The van der Waals surface area contributed by atoms with Gasteiger partial charge < -0.3 is 10.6 Å². The van der Waals surface area contributed by atoms with E-state index in [0.717, 1.165) is 0 Å². The van der Waals surface area contributed by atoms with Crippen LogP contribution >= 0.6 is 0 Å². The Kier molecular flexibility index (Phi) is 5.27. The number of benzene rings is 2. The summed E-state index contributed by atoms with van der Waals surface area (Å²) in [5.74, 6) is 0.665. The summed E-state index contributed by atoms with van der Waals surface area (Å²) in [4.78, 5) is 14.9. The SMILES string of the molecule is CONS(=O)(=O)c1cccc(Nc2nccc(Nc3n[nH]c4ccc(F)cc34)n2)c1. The van der Waals surface area contributed by atoms with Crippen molar-refractivity contribution < 1.29 is 17.6 Å². The van der Waals surface area contributed by atoms with Crippen LogP contribution in [0.25, 0.3) is 10.9 Å². The van der Waals surface area contributed by atoms with E-state index >= 15 is 0 Å². The second kappa shape index (κ2) is 8.02. The van der Waals surface area contributed by atoms with E-state index in [1.807, 2.05) is 4.89 Å². The van der Waals surface area contributed by atoms with E-state index in [4.69, 9.17) is 0 Å². The minimum atomic E-state index is -3.80. The molecule has 2 aromatic carbocycles. The van der Waals surface area contributed by atoms with Crippen LogP contribution in [0.2, 0.25) is 0 Å². The molecule has 2 aromatic heterocycles. The molecule has 12 heteroatoms. The molecule has 0 aliphatic heterocycles. The monoisotopic (exact) mass is 429 g/mol. The number of aromatic nitrogens is 4. The first-order chi connectivity index (χ1) is 14.4. The lowest BCUT2D eigenvalue weighted by Gasteiger charge is -2.09. The Bertz CT molecular complexity index is 1310. The van der Waals surface area contributed by atoms with Gasteiger partial charge in [0.2, 0.25) is 5.95 Å². The van der Waals surface area contributed by atoms with Crippen LogP contribution in [0.4, 0.5) is 27.7 Å². The van der Waals surface area contributed by atoms with Crippen molar-refractivity contribution in [3.63, 3.8) is 0 Å². The molecule has 2 heterocycles. The van der Waals surface area contributed by atoms with Crippen molar-refractivity contribution in [3.8, 4) is 0 Å². The van der Waals surface area contributed by atoms with Gasteiger partial charge in [0.15, 0.2) is 5.82 Å². The smallest absolute Gasteiger partial charge is 0.262 e. The maximum atomic E-state index is 13.5. The molecule has 0 bridgehead atoms. The summed E-state index contributed by atoms with van der Waals surface area (Å²) in [5.41, 5.74) is 1.13. The van der Waals surface area contributed by atoms with E-state index in [1.165, 1.54) is 37.6 Å². The lowest BCUT2D eigenvalue weighted by atomic mass is 10.2. The van der Waals surface area contributed by atoms with E-state index in [0.29, 0.717) is 28.2 Å². The van der Waals surface area contributed by atoms with Gasteiger partial charge in [-0.05, 0) is 42.5 Å². The number of hydrogen-bond donors (Lipinski definition) is 4. The Morgan fingerprint density at radius 2 is 1.97 bits per heavy atom. The van der Waals surface area contributed by atoms with Crippen molar-refractivity contribution >= 4 is 44.2 Å². The molecule has 0 atom stereocenters. The van der Waals surface area contributed by atoms with Crippen LogP contribution < -0.4 is 15.5 Å². The van der Waals surface area contributed by atoms with Crippen molar-refractivity contribution in [2.75, 3.05) is 17.7 Å². The third-order valence-electron chi connectivity index (χ3n) is 4.02. The van der Waals surface area contributed by atoms with Crippen LogP contribution in [0.3, 0.4) is 0 Å². The van der Waals surface area contributed by atoms with E-state index in [9.17, 15) is 12.8 Å². The molecular formula is C18H16FN7O3S. The summed E-state index contributed by atoms with van der Waals surface area (Å²) in [6.45, 7) is 0. The van der Waals surface area contributed by atoms with Crippen LogP contribution in [-0.2, 0) is 14.9 Å². The normalized spacial score (nSPS) is 11.5. The lowest BCUT2D eigenvalue weighted by molar-refractivity contribution is 0.153. The fourth-order valence-corrected chi connectivity index (χ4v) is 3.57. The molecule has 4 N–H and O–H groups in total. The second-order valence-corrected chi connectivity index (χ2v) is 7.74. The van der Waals surface area contributed by atoms with Gasteiger partial charge in [0.1, 0.15) is 11.6 Å². The Morgan fingerprint density at radius 3 is 2.80 bits per heavy atom. The minimum Gasteiger partial charge on any atom is -0.324 e. The number of nitrogens with one attached hydrogen (secondary N) is 4. The molecule has 0 unspecified atom stereocenters. The molecule has 0 spiro atoms. The maximum absolute atomic E-state index is 13.5. The number of anilines is 4. The van der Waals surface area contributed by atoms with Gasteiger partial charge in [0.05, 0.1) is 17.5 Å². The molecule has 0 fully saturated rings. The topological polar surface area (TPSA) is 134 Å².